The summed E-state index contributed by atoms with van der Waals surface area (Å²) >= 11 is 0. The van der Waals surface area contributed by atoms with Crippen molar-refractivity contribution in [3.05, 3.63) is 29.6 Å². The third kappa shape index (κ3) is 2.69. The van der Waals surface area contributed by atoms with Gasteiger partial charge in [-0.15, -0.1) is 0 Å². The van der Waals surface area contributed by atoms with E-state index in [0.29, 0.717) is 23.8 Å². The zero-order valence-electron chi connectivity index (χ0n) is 17.5. The van der Waals surface area contributed by atoms with E-state index in [9.17, 15) is 9.18 Å². The summed E-state index contributed by atoms with van der Waals surface area (Å²) in [6, 6.07) is 5.05. The van der Waals surface area contributed by atoms with Gasteiger partial charge in [0.1, 0.15) is 11.6 Å². The van der Waals surface area contributed by atoms with Gasteiger partial charge in [0, 0.05) is 18.6 Å². The predicted molar refractivity (Wildman–Crippen MR) is 105 cm³/mol. The van der Waals surface area contributed by atoms with E-state index in [1.54, 1.807) is 19.2 Å². The van der Waals surface area contributed by atoms with Crippen LogP contribution in [0.2, 0.25) is 0 Å². The highest BCUT2D eigenvalue weighted by molar-refractivity contribution is 5.78. The van der Waals surface area contributed by atoms with E-state index in [1.807, 2.05) is 13.8 Å². The number of carbonyl (C=O) groups is 1. The van der Waals surface area contributed by atoms with Crippen LogP contribution in [0.25, 0.3) is 0 Å². The van der Waals surface area contributed by atoms with Gasteiger partial charge < -0.3 is 14.8 Å². The topological polar surface area (TPSA) is 47.6 Å². The van der Waals surface area contributed by atoms with Crippen LogP contribution in [0.3, 0.4) is 0 Å². The van der Waals surface area contributed by atoms with Crippen LogP contribution in [0, 0.1) is 34.4 Å². The normalized spacial score (nSPS) is 35.7. The average molecular weight is 390 g/mol. The summed E-state index contributed by atoms with van der Waals surface area (Å²) in [5, 5.41) is 3.39. The Morgan fingerprint density at radius 1 is 1.36 bits per heavy atom. The minimum Gasteiger partial charge on any atom is -0.496 e. The predicted octanol–water partition coefficient (Wildman–Crippen LogP) is 4.49. The van der Waals surface area contributed by atoms with Gasteiger partial charge in [0.05, 0.1) is 18.8 Å². The van der Waals surface area contributed by atoms with Crippen molar-refractivity contribution in [3.63, 3.8) is 0 Å². The van der Waals surface area contributed by atoms with Gasteiger partial charge in [-0.1, -0.05) is 33.8 Å². The molecular formula is C23H32FNO3. The van der Waals surface area contributed by atoms with Gasteiger partial charge in [-0.25, -0.2) is 4.39 Å². The molecule has 1 heterocycles. The van der Waals surface area contributed by atoms with Gasteiger partial charge in [-0.05, 0) is 54.1 Å². The second kappa shape index (κ2) is 6.72. The number of fused-ring (bicyclic) bond motifs is 1. The third-order valence-corrected chi connectivity index (χ3v) is 7.83. The Balaban J connectivity index is 1.74. The Morgan fingerprint density at radius 3 is 2.79 bits per heavy atom. The zero-order valence-corrected chi connectivity index (χ0v) is 17.5. The van der Waals surface area contributed by atoms with Crippen molar-refractivity contribution in [2.75, 3.05) is 13.7 Å². The number of halogens is 1. The third-order valence-electron chi connectivity index (χ3n) is 7.83. The fraction of sp³-hybridized carbons (Fsp3) is 0.696. The fourth-order valence-corrected chi connectivity index (χ4v) is 6.35. The molecule has 1 aromatic carbocycles. The summed E-state index contributed by atoms with van der Waals surface area (Å²) < 4.78 is 26.5. The highest BCUT2D eigenvalue weighted by atomic mass is 19.1. The van der Waals surface area contributed by atoms with Crippen LogP contribution in [0.1, 0.15) is 58.6 Å². The van der Waals surface area contributed by atoms with Crippen molar-refractivity contribution in [1.29, 1.82) is 0 Å². The first-order valence-corrected chi connectivity index (χ1v) is 10.5. The molecule has 2 saturated carbocycles. The van der Waals surface area contributed by atoms with Gasteiger partial charge in [0.25, 0.3) is 0 Å². The lowest BCUT2D eigenvalue weighted by molar-refractivity contribution is -0.139. The van der Waals surface area contributed by atoms with Crippen molar-refractivity contribution >= 4 is 5.91 Å². The molecule has 4 rings (SSSR count). The van der Waals surface area contributed by atoms with Crippen LogP contribution >= 0.6 is 0 Å². The van der Waals surface area contributed by atoms with Gasteiger partial charge in [0.15, 0.2) is 0 Å². The smallest absolute Gasteiger partial charge is 0.222 e. The minimum atomic E-state index is -0.329. The largest absolute Gasteiger partial charge is 0.496 e. The summed E-state index contributed by atoms with van der Waals surface area (Å²) in [4.78, 5) is 12.6. The number of hydrogen-bond donors (Lipinski definition) is 1. The number of rotatable bonds is 4. The van der Waals surface area contributed by atoms with Crippen molar-refractivity contribution in [3.8, 4) is 5.75 Å². The zero-order chi connectivity index (χ0) is 20.3. The lowest BCUT2D eigenvalue weighted by Crippen LogP contribution is -2.59. The maximum Gasteiger partial charge on any atom is 0.222 e. The molecule has 0 radical (unpaired) electrons. The minimum absolute atomic E-state index is 0.0300. The van der Waals surface area contributed by atoms with Crippen LogP contribution < -0.4 is 10.1 Å². The van der Waals surface area contributed by atoms with Crippen LogP contribution in [0.15, 0.2) is 18.2 Å². The molecule has 1 saturated heterocycles. The number of amides is 1. The number of ether oxygens (including phenoxy) is 2. The van der Waals surface area contributed by atoms with E-state index in [2.05, 4.69) is 19.2 Å². The molecule has 3 fully saturated rings. The fourth-order valence-electron chi connectivity index (χ4n) is 6.35. The molecule has 1 aliphatic heterocycles. The molecule has 28 heavy (non-hydrogen) atoms. The molecule has 3 aliphatic rings. The molecule has 4 nitrogen and oxygen atoms in total. The molecular weight excluding hydrogens is 357 g/mol. The van der Waals surface area contributed by atoms with Gasteiger partial charge in [-0.2, -0.15) is 0 Å². The summed E-state index contributed by atoms with van der Waals surface area (Å²) in [7, 11) is 1.58. The van der Waals surface area contributed by atoms with E-state index in [-0.39, 0.29) is 46.5 Å². The first-order valence-electron chi connectivity index (χ1n) is 10.5. The van der Waals surface area contributed by atoms with Gasteiger partial charge in [0.2, 0.25) is 5.91 Å². The van der Waals surface area contributed by atoms with Crippen LogP contribution in [-0.4, -0.2) is 25.7 Å². The Hall–Kier alpha value is -1.62. The Kier molecular flexibility index (Phi) is 4.72. The van der Waals surface area contributed by atoms with E-state index < -0.39 is 0 Å². The lowest BCUT2D eigenvalue weighted by Gasteiger charge is -2.53. The van der Waals surface area contributed by atoms with E-state index in [4.69, 9.17) is 9.47 Å². The molecule has 1 spiro atoms. The number of benzene rings is 1. The molecule has 2 aliphatic carbocycles. The van der Waals surface area contributed by atoms with Crippen molar-refractivity contribution in [2.45, 2.75) is 59.1 Å². The summed E-state index contributed by atoms with van der Waals surface area (Å²) in [5.41, 5.74) is 0.519. The standard InChI is InChI=1S/C23H32FNO3/c1-13(2)20(26)25-21-22(3,4)14-11-15-19(28-10-9-23(15,21)12-14)18-16(24)7-6-8-17(18)27-5/h6-8,13-15,19,21H,9-12H2,1-5H3,(H,25,26)/t14-,15-,19+,21-,23-/m1/s1. The maximum atomic E-state index is 14.9. The van der Waals surface area contributed by atoms with Crippen molar-refractivity contribution < 1.29 is 18.7 Å². The van der Waals surface area contributed by atoms with E-state index in [0.717, 1.165) is 19.3 Å². The van der Waals surface area contributed by atoms with Gasteiger partial charge >= 0.3 is 0 Å². The highest BCUT2D eigenvalue weighted by Gasteiger charge is 2.68. The molecule has 1 N–H and O–H groups in total. The molecule has 154 valence electrons. The molecule has 1 aromatic rings. The summed E-state index contributed by atoms with van der Waals surface area (Å²) in [5.74, 6) is 1.01. The van der Waals surface area contributed by atoms with E-state index >= 15 is 0 Å². The maximum absolute atomic E-state index is 14.9. The molecule has 2 bridgehead atoms. The number of methoxy groups -OCH3 is 1. The molecule has 5 heteroatoms. The molecule has 0 aromatic heterocycles. The molecule has 1 amide bonds. The quantitative estimate of drug-likeness (QED) is 0.825. The highest BCUT2D eigenvalue weighted by Crippen LogP contribution is 2.70. The van der Waals surface area contributed by atoms with Crippen LogP contribution in [0.4, 0.5) is 4.39 Å². The van der Waals surface area contributed by atoms with Crippen LogP contribution in [-0.2, 0) is 9.53 Å². The first-order chi connectivity index (χ1) is 13.2. The lowest BCUT2D eigenvalue weighted by atomic mass is 9.58. The second-order valence-corrected chi connectivity index (χ2v) is 9.79. The summed E-state index contributed by atoms with van der Waals surface area (Å²) in [6.07, 6.45) is 2.66. The van der Waals surface area contributed by atoms with Crippen molar-refractivity contribution in [1.82, 2.24) is 5.32 Å². The van der Waals surface area contributed by atoms with Gasteiger partial charge in [-0.3, -0.25) is 4.79 Å². The number of carbonyl (C=O) groups excluding carboxylic acids is 1. The molecule has 0 unspecified atom stereocenters. The Labute approximate surface area is 167 Å². The Bertz CT molecular complexity index is 777. The average Bonchev–Trinajstić information content (AvgIpc) is 3.14. The molecule has 5 atom stereocenters. The summed E-state index contributed by atoms with van der Waals surface area (Å²) in [6.45, 7) is 9.00. The number of nitrogens with one attached hydrogen (secondary N) is 1. The van der Waals surface area contributed by atoms with E-state index in [1.165, 1.54) is 6.07 Å². The number of hydrogen-bond acceptors (Lipinski definition) is 3. The van der Waals surface area contributed by atoms with Crippen LogP contribution in [0.5, 0.6) is 5.75 Å². The van der Waals surface area contributed by atoms with Crippen molar-refractivity contribution in [2.24, 2.45) is 28.6 Å². The SMILES string of the molecule is COc1cccc(F)c1[C@H]1OCC[C@@]23C[C@@H](C[C@H]12)C(C)(C)[C@H]3NC(=O)C(C)C. The second-order valence-electron chi connectivity index (χ2n) is 9.79. The first kappa shape index (κ1) is 19.7. The Morgan fingerprint density at radius 2 is 2.11 bits per heavy atom. The monoisotopic (exact) mass is 389 g/mol.